The molecule has 1 fully saturated rings. The van der Waals surface area contributed by atoms with E-state index in [9.17, 15) is 4.79 Å². The Morgan fingerprint density at radius 1 is 1.24 bits per heavy atom. The summed E-state index contributed by atoms with van der Waals surface area (Å²) in [5, 5.41) is 0. The van der Waals surface area contributed by atoms with Crippen molar-refractivity contribution in [3.63, 3.8) is 0 Å². The van der Waals surface area contributed by atoms with Gasteiger partial charge in [-0.05, 0) is 31.4 Å². The Bertz CT molecular complexity index is 412. The van der Waals surface area contributed by atoms with E-state index in [0.717, 1.165) is 25.9 Å². The summed E-state index contributed by atoms with van der Waals surface area (Å²) in [6, 6.07) is 5.17. The van der Waals surface area contributed by atoms with Crippen molar-refractivity contribution in [2.75, 3.05) is 25.9 Å². The SMILES string of the molecule is COc1cc(N)cc(C(=O)N2CCCCC2)c1. The van der Waals surface area contributed by atoms with Crippen molar-refractivity contribution in [2.45, 2.75) is 19.3 Å². The fourth-order valence-electron chi connectivity index (χ4n) is 2.14. The van der Waals surface area contributed by atoms with Gasteiger partial charge in [0.05, 0.1) is 7.11 Å². The molecule has 0 aromatic heterocycles. The molecule has 2 rings (SSSR count). The van der Waals surface area contributed by atoms with E-state index in [1.54, 1.807) is 25.3 Å². The molecule has 0 atom stereocenters. The van der Waals surface area contributed by atoms with Gasteiger partial charge in [-0.2, -0.15) is 0 Å². The molecule has 1 aliphatic heterocycles. The highest BCUT2D eigenvalue weighted by Crippen LogP contribution is 2.21. The van der Waals surface area contributed by atoms with E-state index in [1.165, 1.54) is 6.42 Å². The minimum atomic E-state index is 0.0512. The van der Waals surface area contributed by atoms with Gasteiger partial charge < -0.3 is 15.4 Å². The Labute approximate surface area is 101 Å². The first-order valence-electron chi connectivity index (χ1n) is 5.94. The van der Waals surface area contributed by atoms with Crippen LogP contribution in [-0.2, 0) is 0 Å². The van der Waals surface area contributed by atoms with Crippen molar-refractivity contribution in [2.24, 2.45) is 0 Å². The van der Waals surface area contributed by atoms with Crippen LogP contribution in [0.1, 0.15) is 29.6 Å². The van der Waals surface area contributed by atoms with Gasteiger partial charge in [0, 0.05) is 30.4 Å². The van der Waals surface area contributed by atoms with Crippen LogP contribution in [0, 0.1) is 0 Å². The number of carbonyl (C=O) groups excluding carboxylic acids is 1. The van der Waals surface area contributed by atoms with Gasteiger partial charge in [-0.1, -0.05) is 0 Å². The lowest BCUT2D eigenvalue weighted by Crippen LogP contribution is -2.35. The van der Waals surface area contributed by atoms with Gasteiger partial charge in [-0.15, -0.1) is 0 Å². The number of methoxy groups -OCH3 is 1. The second-order valence-electron chi connectivity index (χ2n) is 4.35. The van der Waals surface area contributed by atoms with Crippen LogP contribution in [0.15, 0.2) is 18.2 Å². The Morgan fingerprint density at radius 2 is 1.94 bits per heavy atom. The third-order valence-electron chi connectivity index (χ3n) is 3.05. The highest BCUT2D eigenvalue weighted by Gasteiger charge is 2.18. The number of nitrogens with two attached hydrogens (primary N) is 1. The molecule has 1 aliphatic rings. The summed E-state index contributed by atoms with van der Waals surface area (Å²) in [6.45, 7) is 1.69. The average Bonchev–Trinajstić information content (AvgIpc) is 2.38. The van der Waals surface area contributed by atoms with Gasteiger partial charge in [0.25, 0.3) is 5.91 Å². The first kappa shape index (κ1) is 11.8. The molecule has 2 N–H and O–H groups in total. The molecule has 1 amide bonds. The number of carbonyl (C=O) groups is 1. The van der Waals surface area contributed by atoms with E-state index in [-0.39, 0.29) is 5.91 Å². The van der Waals surface area contributed by atoms with Gasteiger partial charge in [-0.25, -0.2) is 0 Å². The lowest BCUT2D eigenvalue weighted by atomic mass is 10.1. The number of anilines is 1. The summed E-state index contributed by atoms with van der Waals surface area (Å²) in [5.74, 6) is 0.681. The maximum Gasteiger partial charge on any atom is 0.254 e. The topological polar surface area (TPSA) is 55.6 Å². The molecule has 4 nitrogen and oxygen atoms in total. The summed E-state index contributed by atoms with van der Waals surface area (Å²) >= 11 is 0. The van der Waals surface area contributed by atoms with Crippen LogP contribution in [0.3, 0.4) is 0 Å². The molecule has 0 aliphatic carbocycles. The van der Waals surface area contributed by atoms with Crippen LogP contribution in [0.2, 0.25) is 0 Å². The van der Waals surface area contributed by atoms with Crippen molar-refractivity contribution in [1.82, 2.24) is 4.90 Å². The molecule has 4 heteroatoms. The number of piperidine rings is 1. The van der Waals surface area contributed by atoms with Crippen LogP contribution in [0.4, 0.5) is 5.69 Å². The van der Waals surface area contributed by atoms with E-state index < -0.39 is 0 Å². The first-order chi connectivity index (χ1) is 8.20. The maximum absolute atomic E-state index is 12.2. The summed E-state index contributed by atoms with van der Waals surface area (Å²) in [4.78, 5) is 14.1. The first-order valence-corrected chi connectivity index (χ1v) is 5.94. The second-order valence-corrected chi connectivity index (χ2v) is 4.35. The normalized spacial score (nSPS) is 15.7. The zero-order chi connectivity index (χ0) is 12.3. The molecule has 1 heterocycles. The largest absolute Gasteiger partial charge is 0.497 e. The highest BCUT2D eigenvalue weighted by atomic mass is 16.5. The quantitative estimate of drug-likeness (QED) is 0.795. The average molecular weight is 234 g/mol. The summed E-state index contributed by atoms with van der Waals surface area (Å²) < 4.78 is 5.12. The van der Waals surface area contributed by atoms with Crippen LogP contribution < -0.4 is 10.5 Å². The third-order valence-corrected chi connectivity index (χ3v) is 3.05. The number of hydrogen-bond donors (Lipinski definition) is 1. The standard InChI is InChI=1S/C13H18N2O2/c1-17-12-8-10(7-11(14)9-12)13(16)15-5-3-2-4-6-15/h7-9H,2-6,14H2,1H3. The zero-order valence-electron chi connectivity index (χ0n) is 10.1. The number of hydrogen-bond acceptors (Lipinski definition) is 3. The predicted octanol–water partition coefficient (Wildman–Crippen LogP) is 1.90. The summed E-state index contributed by atoms with van der Waals surface area (Å²) in [7, 11) is 1.57. The monoisotopic (exact) mass is 234 g/mol. The number of amides is 1. The van der Waals surface area contributed by atoms with Crippen LogP contribution in [0.25, 0.3) is 0 Å². The molecular formula is C13H18N2O2. The minimum Gasteiger partial charge on any atom is -0.497 e. The second kappa shape index (κ2) is 5.08. The van der Waals surface area contributed by atoms with E-state index in [1.807, 2.05) is 4.90 Å². The third kappa shape index (κ3) is 2.70. The van der Waals surface area contributed by atoms with Crippen molar-refractivity contribution in [1.29, 1.82) is 0 Å². The van der Waals surface area contributed by atoms with Crippen molar-refractivity contribution >= 4 is 11.6 Å². The van der Waals surface area contributed by atoms with Crippen LogP contribution in [0.5, 0.6) is 5.75 Å². The molecule has 0 spiro atoms. The summed E-state index contributed by atoms with van der Waals surface area (Å²) in [5.41, 5.74) is 6.93. The van der Waals surface area contributed by atoms with Gasteiger partial charge in [-0.3, -0.25) is 4.79 Å². The Kier molecular flexibility index (Phi) is 3.52. The molecule has 1 saturated heterocycles. The number of nitrogens with zero attached hydrogens (tertiary/aromatic N) is 1. The highest BCUT2D eigenvalue weighted by molar-refractivity contribution is 5.95. The molecule has 17 heavy (non-hydrogen) atoms. The fourth-order valence-corrected chi connectivity index (χ4v) is 2.14. The molecule has 0 radical (unpaired) electrons. The number of likely N-dealkylation sites (tertiary alicyclic amines) is 1. The lowest BCUT2D eigenvalue weighted by molar-refractivity contribution is 0.0724. The molecule has 1 aromatic rings. The van der Waals surface area contributed by atoms with Gasteiger partial charge in [0.2, 0.25) is 0 Å². The van der Waals surface area contributed by atoms with E-state index in [4.69, 9.17) is 10.5 Å². The smallest absolute Gasteiger partial charge is 0.254 e. The molecule has 92 valence electrons. The number of rotatable bonds is 2. The molecule has 0 unspecified atom stereocenters. The van der Waals surface area contributed by atoms with E-state index in [0.29, 0.717) is 17.0 Å². The summed E-state index contributed by atoms with van der Waals surface area (Å²) in [6.07, 6.45) is 3.39. The number of nitrogen functional groups attached to an aromatic ring is 1. The lowest BCUT2D eigenvalue weighted by Gasteiger charge is -2.26. The van der Waals surface area contributed by atoms with Crippen LogP contribution >= 0.6 is 0 Å². The Balaban J connectivity index is 2.20. The molecule has 1 aromatic carbocycles. The molecule has 0 bridgehead atoms. The van der Waals surface area contributed by atoms with Crippen molar-refractivity contribution < 1.29 is 9.53 Å². The molecular weight excluding hydrogens is 216 g/mol. The Hall–Kier alpha value is -1.71. The number of benzene rings is 1. The zero-order valence-corrected chi connectivity index (χ0v) is 10.1. The molecule has 0 saturated carbocycles. The minimum absolute atomic E-state index is 0.0512. The van der Waals surface area contributed by atoms with Crippen molar-refractivity contribution in [3.05, 3.63) is 23.8 Å². The Morgan fingerprint density at radius 3 is 2.59 bits per heavy atom. The van der Waals surface area contributed by atoms with Gasteiger partial charge in [0.15, 0.2) is 0 Å². The maximum atomic E-state index is 12.2. The van der Waals surface area contributed by atoms with Gasteiger partial charge in [0.1, 0.15) is 5.75 Å². The number of ether oxygens (including phenoxy) is 1. The predicted molar refractivity (Wildman–Crippen MR) is 67.2 cm³/mol. The van der Waals surface area contributed by atoms with Crippen molar-refractivity contribution in [3.8, 4) is 5.75 Å². The van der Waals surface area contributed by atoms with Gasteiger partial charge >= 0.3 is 0 Å². The van der Waals surface area contributed by atoms with E-state index >= 15 is 0 Å². The fraction of sp³-hybridized carbons (Fsp3) is 0.462. The van der Waals surface area contributed by atoms with E-state index in [2.05, 4.69) is 0 Å². The van der Waals surface area contributed by atoms with Crippen LogP contribution in [-0.4, -0.2) is 31.0 Å².